The number of allylic oxidation sites excluding steroid dienone is 4. The van der Waals surface area contributed by atoms with Gasteiger partial charge in [0, 0.05) is 38.4 Å². The molecule has 3 heterocycles. The lowest BCUT2D eigenvalue weighted by atomic mass is 10.0. The minimum absolute atomic E-state index is 0.539. The van der Waals surface area contributed by atoms with Crippen LogP contribution in [0.2, 0.25) is 0 Å². The molecule has 8 aromatic rings. The second-order valence-electron chi connectivity index (χ2n) is 11.8. The summed E-state index contributed by atoms with van der Waals surface area (Å²) in [6.07, 6.45) is 7.97. The molecular weight excluding hydrogens is 550 g/mol. The molecule has 1 atom stereocenters. The molecule has 0 amide bonds. The number of fused-ring (bicyclic) bond motifs is 6. The van der Waals surface area contributed by atoms with Crippen molar-refractivity contribution in [2.24, 2.45) is 5.92 Å². The summed E-state index contributed by atoms with van der Waals surface area (Å²) in [4.78, 5) is 15.2. The first kappa shape index (κ1) is 25.7. The fraction of sp³-hybridized carbons (Fsp3) is 0.0750. The Balaban J connectivity index is 1.39. The van der Waals surface area contributed by atoms with Gasteiger partial charge < -0.3 is 4.57 Å². The molecule has 45 heavy (non-hydrogen) atoms. The Morgan fingerprint density at radius 1 is 0.533 bits per heavy atom. The second kappa shape index (κ2) is 10.1. The summed E-state index contributed by atoms with van der Waals surface area (Å²) >= 11 is 0. The Labute approximate surface area is 260 Å². The van der Waals surface area contributed by atoms with Crippen molar-refractivity contribution in [3.05, 3.63) is 140 Å². The van der Waals surface area contributed by atoms with Crippen molar-refractivity contribution in [2.75, 3.05) is 0 Å². The normalized spacial score (nSPS) is 15.0. The van der Waals surface area contributed by atoms with Crippen LogP contribution in [0.1, 0.15) is 13.3 Å². The predicted octanol–water partition coefficient (Wildman–Crippen LogP) is 9.85. The minimum atomic E-state index is 0.539. The zero-order valence-corrected chi connectivity index (χ0v) is 24.8. The molecule has 0 saturated heterocycles. The van der Waals surface area contributed by atoms with Gasteiger partial charge in [-0.15, -0.1) is 0 Å². The molecule has 5 aromatic carbocycles. The summed E-state index contributed by atoms with van der Waals surface area (Å²) in [5.74, 6) is 2.43. The van der Waals surface area contributed by atoms with Crippen molar-refractivity contribution < 1.29 is 0 Å². The molecular formula is C40H29N5. The first-order chi connectivity index (χ1) is 22.2. The second-order valence-corrected chi connectivity index (χ2v) is 11.8. The smallest absolute Gasteiger partial charge is 0.238 e. The van der Waals surface area contributed by atoms with Crippen LogP contribution in [0.25, 0.3) is 78.0 Å². The average Bonchev–Trinajstić information content (AvgIpc) is 3.60. The van der Waals surface area contributed by atoms with E-state index in [4.69, 9.17) is 15.0 Å². The third-order valence-corrected chi connectivity index (χ3v) is 8.91. The number of benzene rings is 5. The SMILES string of the molecule is CC1C=CC(n2c3ccccc3c3cc4c5ccccc5n(-c5nc(-c6ccccc6)nc(-c6ccccc6)n5)c4cc32)=CC1. The van der Waals surface area contributed by atoms with Gasteiger partial charge in [0.25, 0.3) is 0 Å². The van der Waals surface area contributed by atoms with E-state index in [0.717, 1.165) is 28.6 Å². The summed E-state index contributed by atoms with van der Waals surface area (Å²) in [5.41, 5.74) is 7.60. The van der Waals surface area contributed by atoms with Crippen LogP contribution < -0.4 is 0 Å². The van der Waals surface area contributed by atoms with Crippen LogP contribution in [0.3, 0.4) is 0 Å². The maximum absolute atomic E-state index is 5.13. The summed E-state index contributed by atoms with van der Waals surface area (Å²) in [5, 5.41) is 4.82. The van der Waals surface area contributed by atoms with Crippen molar-refractivity contribution in [2.45, 2.75) is 13.3 Å². The Bertz CT molecular complexity index is 2410. The van der Waals surface area contributed by atoms with Gasteiger partial charge in [0.1, 0.15) is 0 Å². The summed E-state index contributed by atoms with van der Waals surface area (Å²) in [6, 6.07) is 42.3. The number of para-hydroxylation sites is 2. The number of hydrogen-bond donors (Lipinski definition) is 0. The van der Waals surface area contributed by atoms with Crippen LogP contribution >= 0.6 is 0 Å². The molecule has 9 rings (SSSR count). The van der Waals surface area contributed by atoms with Crippen LogP contribution in [0.4, 0.5) is 0 Å². The molecule has 5 heteroatoms. The van der Waals surface area contributed by atoms with E-state index in [9.17, 15) is 0 Å². The van der Waals surface area contributed by atoms with E-state index in [2.05, 4.69) is 94.9 Å². The quantitative estimate of drug-likeness (QED) is 0.208. The van der Waals surface area contributed by atoms with Crippen LogP contribution in [0.15, 0.2) is 140 Å². The third-order valence-electron chi connectivity index (χ3n) is 8.91. The van der Waals surface area contributed by atoms with Crippen LogP contribution in [-0.2, 0) is 0 Å². The fourth-order valence-corrected chi connectivity index (χ4v) is 6.70. The molecule has 0 spiro atoms. The largest absolute Gasteiger partial charge is 0.310 e. The molecule has 1 unspecified atom stereocenters. The molecule has 1 aliphatic rings. The zero-order chi connectivity index (χ0) is 29.9. The van der Waals surface area contributed by atoms with E-state index >= 15 is 0 Å². The zero-order valence-electron chi connectivity index (χ0n) is 24.8. The van der Waals surface area contributed by atoms with Crippen molar-refractivity contribution >= 4 is 49.3 Å². The predicted molar refractivity (Wildman–Crippen MR) is 185 cm³/mol. The summed E-state index contributed by atoms with van der Waals surface area (Å²) in [6.45, 7) is 2.26. The monoisotopic (exact) mass is 579 g/mol. The fourth-order valence-electron chi connectivity index (χ4n) is 6.70. The lowest BCUT2D eigenvalue weighted by Crippen LogP contribution is -2.06. The van der Waals surface area contributed by atoms with Gasteiger partial charge in [0.15, 0.2) is 11.6 Å². The first-order valence-electron chi connectivity index (χ1n) is 15.5. The molecule has 5 nitrogen and oxygen atoms in total. The molecule has 1 aliphatic carbocycles. The van der Waals surface area contributed by atoms with E-state index in [1.807, 2.05) is 60.7 Å². The highest BCUT2D eigenvalue weighted by molar-refractivity contribution is 6.19. The van der Waals surface area contributed by atoms with Gasteiger partial charge in [-0.3, -0.25) is 4.57 Å². The molecule has 0 saturated carbocycles. The highest BCUT2D eigenvalue weighted by Gasteiger charge is 2.21. The Kier molecular flexibility index (Phi) is 5.78. The highest BCUT2D eigenvalue weighted by atomic mass is 15.2. The standard InChI is InChI=1S/C40H29N5/c1-26-20-22-29(23-21-26)44-34-18-10-8-16-30(34)32-24-33-31-17-9-11-19-35(31)45(37(33)25-36(32)44)40-42-38(27-12-4-2-5-13-27)41-39(43-40)28-14-6-3-7-15-28/h2-20,22-26H,21H2,1H3. The van der Waals surface area contributed by atoms with Crippen molar-refractivity contribution in [3.63, 3.8) is 0 Å². The maximum Gasteiger partial charge on any atom is 0.238 e. The topological polar surface area (TPSA) is 48.5 Å². The van der Waals surface area contributed by atoms with Crippen LogP contribution in [0.5, 0.6) is 0 Å². The van der Waals surface area contributed by atoms with E-state index < -0.39 is 0 Å². The average molecular weight is 580 g/mol. The van der Waals surface area contributed by atoms with Gasteiger partial charge in [-0.25, -0.2) is 4.98 Å². The third kappa shape index (κ3) is 4.12. The molecule has 0 bridgehead atoms. The van der Waals surface area contributed by atoms with E-state index in [0.29, 0.717) is 23.5 Å². The summed E-state index contributed by atoms with van der Waals surface area (Å²) < 4.78 is 4.62. The maximum atomic E-state index is 5.13. The van der Waals surface area contributed by atoms with Gasteiger partial charge in [0.2, 0.25) is 5.95 Å². The van der Waals surface area contributed by atoms with Gasteiger partial charge >= 0.3 is 0 Å². The summed E-state index contributed by atoms with van der Waals surface area (Å²) in [7, 11) is 0. The first-order valence-corrected chi connectivity index (χ1v) is 15.5. The Morgan fingerprint density at radius 2 is 1.07 bits per heavy atom. The minimum Gasteiger partial charge on any atom is -0.310 e. The van der Waals surface area contributed by atoms with Crippen LogP contribution in [0, 0.1) is 5.92 Å². The lowest BCUT2D eigenvalue weighted by Gasteiger charge is -2.15. The van der Waals surface area contributed by atoms with Gasteiger partial charge in [-0.2, -0.15) is 9.97 Å². The van der Waals surface area contributed by atoms with Crippen LogP contribution in [-0.4, -0.2) is 24.1 Å². The molecule has 214 valence electrons. The Hall–Kier alpha value is -5.81. The van der Waals surface area contributed by atoms with Crippen molar-refractivity contribution in [1.82, 2.24) is 24.1 Å². The molecule has 0 fully saturated rings. The van der Waals surface area contributed by atoms with Gasteiger partial charge in [0.05, 0.1) is 22.1 Å². The molecule has 0 radical (unpaired) electrons. The molecule has 3 aromatic heterocycles. The molecule has 0 aliphatic heterocycles. The van der Waals surface area contributed by atoms with E-state index in [-0.39, 0.29) is 0 Å². The Morgan fingerprint density at radius 3 is 1.64 bits per heavy atom. The highest BCUT2D eigenvalue weighted by Crippen LogP contribution is 2.40. The van der Waals surface area contributed by atoms with Crippen molar-refractivity contribution in [1.29, 1.82) is 0 Å². The van der Waals surface area contributed by atoms with Crippen molar-refractivity contribution in [3.8, 4) is 28.7 Å². The van der Waals surface area contributed by atoms with E-state index in [1.165, 1.54) is 38.3 Å². The lowest BCUT2D eigenvalue weighted by molar-refractivity contribution is 0.735. The van der Waals surface area contributed by atoms with Gasteiger partial charge in [-0.1, -0.05) is 116 Å². The number of hydrogen-bond acceptors (Lipinski definition) is 3. The van der Waals surface area contributed by atoms with Gasteiger partial charge in [-0.05, 0) is 42.7 Å². The number of nitrogens with zero attached hydrogens (tertiary/aromatic N) is 5. The van der Waals surface area contributed by atoms with E-state index in [1.54, 1.807) is 0 Å². The molecule has 0 N–H and O–H groups in total. The number of rotatable bonds is 4. The number of aromatic nitrogens is 5.